The van der Waals surface area contributed by atoms with Gasteiger partial charge in [0.15, 0.2) is 5.69 Å². The summed E-state index contributed by atoms with van der Waals surface area (Å²) >= 11 is 1.72. The number of hydrogen-bond donors (Lipinski definition) is 0. The van der Waals surface area contributed by atoms with E-state index in [1.54, 1.807) is 30.9 Å². The molecule has 1 aromatic rings. The van der Waals surface area contributed by atoms with Gasteiger partial charge < -0.3 is 4.74 Å². The number of carbonyl (C=O) groups is 1. The first kappa shape index (κ1) is 12.0. The third-order valence-electron chi connectivity index (χ3n) is 1.63. The highest BCUT2D eigenvalue weighted by atomic mass is 32.2. The summed E-state index contributed by atoms with van der Waals surface area (Å²) < 4.78 is 4.85. The maximum atomic E-state index is 11.4. The standard InChI is InChI=1S/C10H14N2O2S/c1-3-14-10(13)8-5-6-11-9(12-8)7-15-4-2/h5-6H,3-4,7H2,1-2H3. The second-order valence-electron chi connectivity index (χ2n) is 2.72. The van der Waals surface area contributed by atoms with E-state index in [2.05, 4.69) is 16.9 Å². The molecule has 0 fully saturated rings. The van der Waals surface area contributed by atoms with Crippen LogP contribution in [0.4, 0.5) is 0 Å². The lowest BCUT2D eigenvalue weighted by Gasteiger charge is -2.02. The third kappa shape index (κ3) is 3.87. The van der Waals surface area contributed by atoms with Gasteiger partial charge in [-0.3, -0.25) is 0 Å². The van der Waals surface area contributed by atoms with Crippen molar-refractivity contribution < 1.29 is 9.53 Å². The van der Waals surface area contributed by atoms with E-state index in [1.165, 1.54) is 0 Å². The minimum absolute atomic E-state index is 0.332. The number of nitrogens with zero attached hydrogens (tertiary/aromatic N) is 2. The van der Waals surface area contributed by atoms with Crippen LogP contribution < -0.4 is 0 Å². The second kappa shape index (κ2) is 6.40. The smallest absolute Gasteiger partial charge is 0.357 e. The van der Waals surface area contributed by atoms with Crippen LogP contribution in [0.5, 0.6) is 0 Å². The molecule has 0 aliphatic rings. The number of carbonyl (C=O) groups excluding carboxylic acids is 1. The molecule has 0 saturated heterocycles. The highest BCUT2D eigenvalue weighted by molar-refractivity contribution is 7.98. The molecule has 0 aliphatic heterocycles. The van der Waals surface area contributed by atoms with Gasteiger partial charge in [-0.2, -0.15) is 11.8 Å². The lowest BCUT2D eigenvalue weighted by atomic mass is 10.4. The van der Waals surface area contributed by atoms with Gasteiger partial charge in [-0.1, -0.05) is 6.92 Å². The van der Waals surface area contributed by atoms with E-state index in [4.69, 9.17) is 4.74 Å². The highest BCUT2D eigenvalue weighted by Gasteiger charge is 2.08. The van der Waals surface area contributed by atoms with Crippen LogP contribution >= 0.6 is 11.8 Å². The Morgan fingerprint density at radius 3 is 3.00 bits per heavy atom. The number of ether oxygens (including phenoxy) is 1. The van der Waals surface area contributed by atoms with Gasteiger partial charge in [0.25, 0.3) is 0 Å². The fourth-order valence-corrected chi connectivity index (χ4v) is 1.51. The van der Waals surface area contributed by atoms with Crippen LogP contribution in [-0.2, 0) is 10.5 Å². The predicted molar refractivity (Wildman–Crippen MR) is 59.8 cm³/mol. The normalized spacial score (nSPS) is 10.0. The molecule has 0 unspecified atom stereocenters. The van der Waals surface area contributed by atoms with Gasteiger partial charge in [0.05, 0.1) is 12.4 Å². The number of thioether (sulfide) groups is 1. The van der Waals surface area contributed by atoms with Crippen LogP contribution in [0.25, 0.3) is 0 Å². The Hall–Kier alpha value is -1.10. The van der Waals surface area contributed by atoms with Gasteiger partial charge in [-0.25, -0.2) is 14.8 Å². The van der Waals surface area contributed by atoms with Crippen molar-refractivity contribution in [3.05, 3.63) is 23.8 Å². The molecule has 0 aromatic carbocycles. The topological polar surface area (TPSA) is 52.1 Å². The maximum Gasteiger partial charge on any atom is 0.357 e. The van der Waals surface area contributed by atoms with Gasteiger partial charge in [0.2, 0.25) is 0 Å². The van der Waals surface area contributed by atoms with E-state index in [0.717, 1.165) is 11.5 Å². The number of aromatic nitrogens is 2. The first-order valence-electron chi connectivity index (χ1n) is 4.84. The molecule has 0 N–H and O–H groups in total. The summed E-state index contributed by atoms with van der Waals surface area (Å²) in [5.74, 6) is 2.02. The molecular formula is C10H14N2O2S. The molecule has 0 radical (unpaired) electrons. The Bertz CT molecular complexity index is 331. The van der Waals surface area contributed by atoms with Crippen molar-refractivity contribution in [3.63, 3.8) is 0 Å². The Morgan fingerprint density at radius 2 is 2.33 bits per heavy atom. The van der Waals surface area contributed by atoms with E-state index in [-0.39, 0.29) is 5.97 Å². The Labute approximate surface area is 93.5 Å². The van der Waals surface area contributed by atoms with Crippen LogP contribution in [-0.4, -0.2) is 28.3 Å². The molecule has 15 heavy (non-hydrogen) atoms. The number of esters is 1. The Kier molecular flexibility index (Phi) is 5.10. The first-order chi connectivity index (χ1) is 7.27. The van der Waals surface area contributed by atoms with Crippen molar-refractivity contribution in [1.82, 2.24) is 9.97 Å². The Balaban J connectivity index is 2.69. The van der Waals surface area contributed by atoms with Gasteiger partial charge in [-0.05, 0) is 18.7 Å². The van der Waals surface area contributed by atoms with Gasteiger partial charge >= 0.3 is 5.97 Å². The van der Waals surface area contributed by atoms with Gasteiger partial charge in [0.1, 0.15) is 5.82 Å². The Morgan fingerprint density at radius 1 is 1.53 bits per heavy atom. The molecule has 1 rings (SSSR count). The summed E-state index contributed by atoms with van der Waals surface area (Å²) in [6.07, 6.45) is 1.59. The predicted octanol–water partition coefficient (Wildman–Crippen LogP) is 1.91. The fourth-order valence-electron chi connectivity index (χ4n) is 0.981. The van der Waals surface area contributed by atoms with Crippen molar-refractivity contribution in [2.24, 2.45) is 0 Å². The zero-order valence-electron chi connectivity index (χ0n) is 8.90. The van der Waals surface area contributed by atoms with E-state index in [0.29, 0.717) is 18.1 Å². The SMILES string of the molecule is CCOC(=O)c1ccnc(CSCC)n1. The summed E-state index contributed by atoms with van der Waals surface area (Å²) in [6, 6.07) is 1.57. The van der Waals surface area contributed by atoms with Crippen LogP contribution in [0.1, 0.15) is 30.2 Å². The summed E-state index contributed by atoms with van der Waals surface area (Å²) in [4.78, 5) is 19.6. The van der Waals surface area contributed by atoms with Crippen LogP contribution in [0.15, 0.2) is 12.3 Å². The fraction of sp³-hybridized carbons (Fsp3) is 0.500. The molecule has 1 heterocycles. The summed E-state index contributed by atoms with van der Waals surface area (Å²) in [7, 11) is 0. The summed E-state index contributed by atoms with van der Waals surface area (Å²) in [5, 5.41) is 0. The summed E-state index contributed by atoms with van der Waals surface area (Å²) in [6.45, 7) is 4.20. The quantitative estimate of drug-likeness (QED) is 0.718. The largest absolute Gasteiger partial charge is 0.461 e. The molecule has 1 aromatic heterocycles. The zero-order chi connectivity index (χ0) is 11.1. The third-order valence-corrected chi connectivity index (χ3v) is 2.50. The van der Waals surface area contributed by atoms with E-state index in [9.17, 15) is 4.79 Å². The summed E-state index contributed by atoms with van der Waals surface area (Å²) in [5.41, 5.74) is 0.332. The first-order valence-corrected chi connectivity index (χ1v) is 6.00. The van der Waals surface area contributed by atoms with Crippen LogP contribution in [0.3, 0.4) is 0 Å². The molecule has 0 atom stereocenters. The molecule has 4 nitrogen and oxygen atoms in total. The van der Waals surface area contributed by atoms with Crippen molar-refractivity contribution in [2.75, 3.05) is 12.4 Å². The number of hydrogen-bond acceptors (Lipinski definition) is 5. The zero-order valence-corrected chi connectivity index (χ0v) is 9.71. The molecule has 0 aliphatic carbocycles. The lowest BCUT2D eigenvalue weighted by Crippen LogP contribution is -2.09. The molecule has 0 saturated carbocycles. The molecule has 82 valence electrons. The van der Waals surface area contributed by atoms with Gasteiger partial charge in [-0.15, -0.1) is 0 Å². The molecule has 0 bridgehead atoms. The van der Waals surface area contributed by atoms with Crippen molar-refractivity contribution in [1.29, 1.82) is 0 Å². The van der Waals surface area contributed by atoms with E-state index < -0.39 is 0 Å². The highest BCUT2D eigenvalue weighted by Crippen LogP contribution is 2.07. The van der Waals surface area contributed by atoms with Gasteiger partial charge in [0, 0.05) is 6.20 Å². The molecule has 5 heteroatoms. The average molecular weight is 226 g/mol. The monoisotopic (exact) mass is 226 g/mol. The van der Waals surface area contributed by atoms with Crippen molar-refractivity contribution in [3.8, 4) is 0 Å². The minimum atomic E-state index is -0.386. The van der Waals surface area contributed by atoms with Crippen LogP contribution in [0, 0.1) is 0 Å². The van der Waals surface area contributed by atoms with Crippen molar-refractivity contribution >= 4 is 17.7 Å². The minimum Gasteiger partial charge on any atom is -0.461 e. The van der Waals surface area contributed by atoms with E-state index >= 15 is 0 Å². The van der Waals surface area contributed by atoms with Crippen molar-refractivity contribution in [2.45, 2.75) is 19.6 Å². The lowest BCUT2D eigenvalue weighted by molar-refractivity contribution is 0.0519. The second-order valence-corrected chi connectivity index (χ2v) is 3.99. The maximum absolute atomic E-state index is 11.4. The number of rotatable bonds is 5. The van der Waals surface area contributed by atoms with E-state index in [1.807, 2.05) is 0 Å². The average Bonchev–Trinajstić information content (AvgIpc) is 2.27. The molecular weight excluding hydrogens is 212 g/mol. The molecule has 0 amide bonds. The van der Waals surface area contributed by atoms with Crippen LogP contribution in [0.2, 0.25) is 0 Å². The molecule has 0 spiro atoms.